The molecule has 0 fully saturated rings. The lowest BCUT2D eigenvalue weighted by Crippen LogP contribution is -2.33. The van der Waals surface area contributed by atoms with E-state index in [1.165, 1.54) is 33.8 Å². The van der Waals surface area contributed by atoms with E-state index < -0.39 is 0 Å². The average Bonchev–Trinajstić information content (AvgIpc) is 3.39. The van der Waals surface area contributed by atoms with Crippen LogP contribution < -0.4 is 10.2 Å². The molecule has 3 aromatic carbocycles. The number of hydrogen-bond donors (Lipinski definition) is 1. The van der Waals surface area contributed by atoms with Gasteiger partial charge >= 0.3 is 0 Å². The summed E-state index contributed by atoms with van der Waals surface area (Å²) >= 11 is 1.42. The minimum atomic E-state index is 0.0722. The molecule has 0 saturated heterocycles. The van der Waals surface area contributed by atoms with Gasteiger partial charge < -0.3 is 10.2 Å². The molecule has 0 spiro atoms. The van der Waals surface area contributed by atoms with Gasteiger partial charge in [-0.15, -0.1) is 0 Å². The third kappa shape index (κ3) is 8.25. The van der Waals surface area contributed by atoms with Crippen molar-refractivity contribution in [3.8, 4) is 0 Å². The van der Waals surface area contributed by atoms with Gasteiger partial charge in [0, 0.05) is 49.9 Å². The Bertz CT molecular complexity index is 1220. The summed E-state index contributed by atoms with van der Waals surface area (Å²) in [5.74, 6) is 1.62. The van der Waals surface area contributed by atoms with Crippen LogP contribution in [0.25, 0.3) is 0 Å². The maximum absolute atomic E-state index is 12.8. The van der Waals surface area contributed by atoms with Crippen molar-refractivity contribution < 1.29 is 4.79 Å². The Morgan fingerprint density at radius 2 is 1.55 bits per heavy atom. The highest BCUT2D eigenvalue weighted by atomic mass is 32.1. The first kappa shape index (κ1) is 27.5. The molecule has 0 aliphatic heterocycles. The summed E-state index contributed by atoms with van der Waals surface area (Å²) in [7, 11) is 0. The number of amides is 1. The van der Waals surface area contributed by atoms with Crippen LogP contribution in [0.15, 0.2) is 84.9 Å². The Hall–Kier alpha value is -3.51. The van der Waals surface area contributed by atoms with Crippen LogP contribution in [-0.4, -0.2) is 34.9 Å². The highest BCUT2D eigenvalue weighted by Crippen LogP contribution is 2.27. The van der Waals surface area contributed by atoms with Crippen LogP contribution in [0.3, 0.4) is 0 Å². The van der Waals surface area contributed by atoms with Crippen LogP contribution in [0, 0.1) is 12.8 Å². The number of carbonyl (C=O) groups is 1. The van der Waals surface area contributed by atoms with Gasteiger partial charge in [-0.25, -0.2) is 4.98 Å². The van der Waals surface area contributed by atoms with Crippen LogP contribution in [0.5, 0.6) is 0 Å². The van der Waals surface area contributed by atoms with E-state index in [9.17, 15) is 4.79 Å². The number of hydrogen-bond acceptors (Lipinski definition) is 5. The highest BCUT2D eigenvalue weighted by molar-refractivity contribution is 7.09. The van der Waals surface area contributed by atoms with Gasteiger partial charge in [-0.2, -0.15) is 4.37 Å². The quantitative estimate of drug-likeness (QED) is 0.212. The summed E-state index contributed by atoms with van der Waals surface area (Å²) in [6, 6.07) is 29.5. The first-order chi connectivity index (χ1) is 18.5. The molecule has 0 bridgehead atoms. The Labute approximate surface area is 231 Å². The normalized spacial score (nSPS) is 11.2. The lowest BCUT2D eigenvalue weighted by Gasteiger charge is -2.23. The molecule has 0 aliphatic rings. The molecule has 0 atom stereocenters. The fourth-order valence-corrected chi connectivity index (χ4v) is 5.34. The molecule has 0 unspecified atom stereocenters. The average molecular weight is 527 g/mol. The largest absolute Gasteiger partial charge is 0.356 e. The van der Waals surface area contributed by atoms with Crippen LogP contribution >= 0.6 is 11.5 Å². The standard InChI is InChI=1S/C32H38N4OS/c1-24(2)23-36(32-34-30(35-38-32)22-26-16-14-25(3)15-17-26)21-19-31(37)33-20-18-29(27-10-6-4-7-11-27)28-12-8-5-9-13-28/h4-17,24,29H,18-23H2,1-3H3,(H,33,37). The number of aryl methyl sites for hydroxylation is 1. The van der Waals surface area contributed by atoms with Crippen molar-refractivity contribution in [3.63, 3.8) is 0 Å². The fraction of sp³-hybridized carbons (Fsp3) is 0.344. The van der Waals surface area contributed by atoms with Crippen molar-refractivity contribution in [1.29, 1.82) is 0 Å². The molecule has 1 heterocycles. The van der Waals surface area contributed by atoms with E-state index in [0.717, 1.165) is 30.3 Å². The van der Waals surface area contributed by atoms with Crippen LogP contribution in [-0.2, 0) is 11.2 Å². The predicted molar refractivity (Wildman–Crippen MR) is 158 cm³/mol. The van der Waals surface area contributed by atoms with Crippen molar-refractivity contribution >= 4 is 22.6 Å². The zero-order chi connectivity index (χ0) is 26.7. The number of anilines is 1. The third-order valence-electron chi connectivity index (χ3n) is 6.56. The third-order valence-corrected chi connectivity index (χ3v) is 7.38. The van der Waals surface area contributed by atoms with Gasteiger partial charge in [0.25, 0.3) is 0 Å². The van der Waals surface area contributed by atoms with E-state index in [1.807, 2.05) is 12.1 Å². The maximum Gasteiger partial charge on any atom is 0.221 e. The molecule has 4 aromatic rings. The Balaban J connectivity index is 1.31. The molecule has 0 aliphatic carbocycles. The first-order valence-corrected chi connectivity index (χ1v) is 14.2. The molecule has 0 saturated carbocycles. The van der Waals surface area contributed by atoms with Gasteiger partial charge in [0.2, 0.25) is 11.0 Å². The molecule has 1 N–H and O–H groups in total. The first-order valence-electron chi connectivity index (χ1n) is 13.5. The monoisotopic (exact) mass is 526 g/mol. The van der Waals surface area contributed by atoms with Gasteiger partial charge in [-0.05, 0) is 36.0 Å². The van der Waals surface area contributed by atoms with Crippen molar-refractivity contribution in [2.75, 3.05) is 24.5 Å². The van der Waals surface area contributed by atoms with Crippen LogP contribution in [0.1, 0.15) is 60.7 Å². The second-order valence-corrected chi connectivity index (χ2v) is 11.0. The molecule has 4 rings (SSSR count). The molecule has 1 amide bonds. The number of aromatic nitrogens is 2. The topological polar surface area (TPSA) is 58.1 Å². The second kappa shape index (κ2) is 13.9. The second-order valence-electron chi connectivity index (χ2n) is 10.3. The lowest BCUT2D eigenvalue weighted by molar-refractivity contribution is -0.120. The number of benzene rings is 3. The van der Waals surface area contributed by atoms with E-state index >= 15 is 0 Å². The number of nitrogens with zero attached hydrogens (tertiary/aromatic N) is 3. The van der Waals surface area contributed by atoms with Crippen molar-refractivity contribution in [2.45, 2.75) is 46.0 Å². The molecular formula is C32H38N4OS. The smallest absolute Gasteiger partial charge is 0.221 e. The molecule has 1 aromatic heterocycles. The number of carbonyl (C=O) groups excluding carboxylic acids is 1. The van der Waals surface area contributed by atoms with Crippen molar-refractivity contribution in [3.05, 3.63) is 113 Å². The molecule has 38 heavy (non-hydrogen) atoms. The summed E-state index contributed by atoms with van der Waals surface area (Å²) in [6.07, 6.45) is 2.01. The van der Waals surface area contributed by atoms with Crippen LogP contribution in [0.2, 0.25) is 0 Å². The van der Waals surface area contributed by atoms with Crippen molar-refractivity contribution in [2.24, 2.45) is 5.92 Å². The minimum Gasteiger partial charge on any atom is -0.356 e. The van der Waals surface area contributed by atoms with Crippen LogP contribution in [0.4, 0.5) is 5.13 Å². The van der Waals surface area contributed by atoms with Gasteiger partial charge in [0.05, 0.1) is 0 Å². The zero-order valence-electron chi connectivity index (χ0n) is 22.6. The maximum atomic E-state index is 12.8. The zero-order valence-corrected chi connectivity index (χ0v) is 23.5. The van der Waals surface area contributed by atoms with E-state index in [4.69, 9.17) is 4.98 Å². The minimum absolute atomic E-state index is 0.0722. The summed E-state index contributed by atoms with van der Waals surface area (Å²) in [5.41, 5.74) is 5.00. The van der Waals surface area contributed by atoms with Gasteiger partial charge in [0.15, 0.2) is 0 Å². The van der Waals surface area contributed by atoms with Crippen molar-refractivity contribution in [1.82, 2.24) is 14.7 Å². The summed E-state index contributed by atoms with van der Waals surface area (Å²) in [5, 5.41) is 4.05. The Morgan fingerprint density at radius 3 is 2.16 bits per heavy atom. The summed E-state index contributed by atoms with van der Waals surface area (Å²) in [4.78, 5) is 19.8. The van der Waals surface area contributed by atoms with E-state index in [2.05, 4.69) is 108 Å². The van der Waals surface area contributed by atoms with Gasteiger partial charge in [0.1, 0.15) is 5.82 Å². The summed E-state index contributed by atoms with van der Waals surface area (Å²) in [6.45, 7) is 8.58. The highest BCUT2D eigenvalue weighted by Gasteiger charge is 2.17. The Morgan fingerprint density at radius 1 is 0.921 bits per heavy atom. The predicted octanol–water partition coefficient (Wildman–Crippen LogP) is 6.63. The fourth-order valence-electron chi connectivity index (χ4n) is 4.62. The molecule has 6 heteroatoms. The van der Waals surface area contributed by atoms with E-state index in [1.54, 1.807) is 0 Å². The lowest BCUT2D eigenvalue weighted by atomic mass is 9.88. The van der Waals surface area contributed by atoms with Gasteiger partial charge in [-0.1, -0.05) is 104 Å². The number of rotatable bonds is 13. The van der Waals surface area contributed by atoms with E-state index in [0.29, 0.717) is 25.4 Å². The SMILES string of the molecule is Cc1ccc(Cc2nsc(N(CCC(=O)NCCC(c3ccccc3)c3ccccc3)CC(C)C)n2)cc1. The number of nitrogens with one attached hydrogen (secondary N) is 1. The Kier molecular flexibility index (Phi) is 10.0. The summed E-state index contributed by atoms with van der Waals surface area (Å²) < 4.78 is 4.60. The van der Waals surface area contributed by atoms with Gasteiger partial charge in [-0.3, -0.25) is 4.79 Å². The molecular weight excluding hydrogens is 488 g/mol. The van der Waals surface area contributed by atoms with E-state index in [-0.39, 0.29) is 11.8 Å². The molecule has 5 nitrogen and oxygen atoms in total. The molecule has 0 radical (unpaired) electrons. The molecule has 198 valence electrons.